The van der Waals surface area contributed by atoms with Crippen molar-refractivity contribution in [1.82, 2.24) is 15.1 Å². The van der Waals surface area contributed by atoms with Gasteiger partial charge in [-0.05, 0) is 54.7 Å². The van der Waals surface area contributed by atoms with Crippen LogP contribution in [-0.2, 0) is 22.4 Å². The molecule has 0 aromatic heterocycles. The highest BCUT2D eigenvalue weighted by Gasteiger charge is 2.37. The Morgan fingerprint density at radius 1 is 1.14 bits per heavy atom. The predicted molar refractivity (Wildman–Crippen MR) is 138 cm³/mol. The SMILES string of the molecule is CCCC1CN(C(Cc2ccc(Cl)cc2Cl)C(=O)NC)CCN1C(=O)C(N)Cc1ccc(F)cc1. The largest absolute Gasteiger partial charge is 0.358 e. The van der Waals surface area contributed by atoms with E-state index in [0.29, 0.717) is 42.5 Å². The van der Waals surface area contributed by atoms with Crippen LogP contribution in [0.5, 0.6) is 0 Å². The summed E-state index contributed by atoms with van der Waals surface area (Å²) in [5.41, 5.74) is 7.94. The van der Waals surface area contributed by atoms with Crippen molar-refractivity contribution in [2.24, 2.45) is 5.73 Å². The van der Waals surface area contributed by atoms with Crippen LogP contribution in [-0.4, -0.2) is 66.4 Å². The molecule has 1 saturated heterocycles. The van der Waals surface area contributed by atoms with E-state index in [2.05, 4.69) is 17.1 Å². The van der Waals surface area contributed by atoms with E-state index in [0.717, 1.165) is 24.0 Å². The number of nitrogens with two attached hydrogens (primary N) is 1. The predicted octanol–water partition coefficient (Wildman–Crippen LogP) is 3.67. The van der Waals surface area contributed by atoms with E-state index in [1.165, 1.54) is 12.1 Å². The number of halogens is 3. The number of rotatable bonds is 9. The molecule has 0 aliphatic carbocycles. The van der Waals surface area contributed by atoms with Crippen LogP contribution in [0.1, 0.15) is 30.9 Å². The highest BCUT2D eigenvalue weighted by atomic mass is 35.5. The van der Waals surface area contributed by atoms with E-state index in [4.69, 9.17) is 28.9 Å². The van der Waals surface area contributed by atoms with Gasteiger partial charge in [-0.3, -0.25) is 14.5 Å². The zero-order valence-electron chi connectivity index (χ0n) is 20.1. The first kappa shape index (κ1) is 27.4. The highest BCUT2D eigenvalue weighted by Crippen LogP contribution is 2.25. The average Bonchev–Trinajstić information content (AvgIpc) is 2.84. The maximum absolute atomic E-state index is 13.3. The summed E-state index contributed by atoms with van der Waals surface area (Å²) in [6.45, 7) is 3.65. The fourth-order valence-electron chi connectivity index (χ4n) is 4.66. The second-order valence-electron chi connectivity index (χ2n) is 8.98. The van der Waals surface area contributed by atoms with Gasteiger partial charge in [0.05, 0.1) is 12.1 Å². The van der Waals surface area contributed by atoms with Gasteiger partial charge in [-0.25, -0.2) is 4.39 Å². The fraction of sp³-hybridized carbons (Fsp3) is 0.462. The van der Waals surface area contributed by atoms with E-state index in [1.807, 2.05) is 11.0 Å². The smallest absolute Gasteiger partial charge is 0.240 e. The van der Waals surface area contributed by atoms with Gasteiger partial charge in [0.1, 0.15) is 5.82 Å². The molecule has 1 aliphatic rings. The number of carbonyl (C=O) groups excluding carboxylic acids is 2. The Labute approximate surface area is 216 Å². The van der Waals surface area contributed by atoms with Crippen molar-refractivity contribution in [3.8, 4) is 0 Å². The molecule has 2 aromatic rings. The first-order valence-electron chi connectivity index (χ1n) is 11.9. The van der Waals surface area contributed by atoms with E-state index < -0.39 is 12.1 Å². The van der Waals surface area contributed by atoms with Gasteiger partial charge in [0.15, 0.2) is 0 Å². The van der Waals surface area contributed by atoms with Crippen LogP contribution in [0, 0.1) is 5.82 Å². The molecule has 1 heterocycles. The first-order valence-corrected chi connectivity index (χ1v) is 12.7. The van der Waals surface area contributed by atoms with Crippen LogP contribution in [0.15, 0.2) is 42.5 Å². The van der Waals surface area contributed by atoms with Gasteiger partial charge < -0.3 is 16.0 Å². The Kier molecular flexibility index (Phi) is 9.92. The number of piperazine rings is 1. The summed E-state index contributed by atoms with van der Waals surface area (Å²) in [5, 5.41) is 3.84. The third kappa shape index (κ3) is 7.17. The topological polar surface area (TPSA) is 78.7 Å². The molecule has 3 N–H and O–H groups in total. The third-order valence-corrected chi connectivity index (χ3v) is 7.11. The number of nitrogens with zero attached hydrogens (tertiary/aromatic N) is 2. The van der Waals surface area contributed by atoms with Crippen molar-refractivity contribution in [2.45, 2.75) is 50.7 Å². The standard InChI is InChI=1S/C26H33Cl2FN4O2/c1-3-4-21-16-32(24(25(34)31-2)14-18-7-8-19(27)15-22(18)28)11-12-33(21)26(35)23(30)13-17-5-9-20(29)10-6-17/h5-10,15,21,23-24H,3-4,11-14,16,30H2,1-2H3,(H,31,34). The molecule has 9 heteroatoms. The van der Waals surface area contributed by atoms with E-state index in [1.54, 1.807) is 31.3 Å². The molecule has 3 rings (SSSR count). The summed E-state index contributed by atoms with van der Waals surface area (Å²) in [7, 11) is 1.62. The molecular weight excluding hydrogens is 490 g/mol. The minimum Gasteiger partial charge on any atom is -0.358 e. The summed E-state index contributed by atoms with van der Waals surface area (Å²) < 4.78 is 13.2. The van der Waals surface area contributed by atoms with Gasteiger partial charge in [-0.2, -0.15) is 0 Å². The molecule has 3 unspecified atom stereocenters. The van der Waals surface area contributed by atoms with Crippen molar-refractivity contribution in [3.63, 3.8) is 0 Å². The Morgan fingerprint density at radius 3 is 2.49 bits per heavy atom. The summed E-state index contributed by atoms with van der Waals surface area (Å²) in [6, 6.07) is 10.1. The number of nitrogens with one attached hydrogen (secondary N) is 1. The number of hydrogen-bond donors (Lipinski definition) is 2. The lowest BCUT2D eigenvalue weighted by molar-refractivity contribution is -0.139. The lowest BCUT2D eigenvalue weighted by Gasteiger charge is -2.45. The molecular formula is C26H33Cl2FN4O2. The van der Waals surface area contributed by atoms with E-state index >= 15 is 0 Å². The fourth-order valence-corrected chi connectivity index (χ4v) is 5.14. The molecule has 3 atom stereocenters. The lowest BCUT2D eigenvalue weighted by atomic mass is 9.98. The molecule has 2 amide bonds. The Bertz CT molecular complexity index is 1020. The van der Waals surface area contributed by atoms with Crippen LogP contribution < -0.4 is 11.1 Å². The number of amides is 2. The highest BCUT2D eigenvalue weighted by molar-refractivity contribution is 6.35. The maximum atomic E-state index is 13.3. The molecule has 6 nitrogen and oxygen atoms in total. The number of hydrogen-bond acceptors (Lipinski definition) is 4. The molecule has 190 valence electrons. The van der Waals surface area contributed by atoms with Gasteiger partial charge in [0.2, 0.25) is 11.8 Å². The normalized spacial score (nSPS) is 18.2. The molecule has 2 aromatic carbocycles. The minimum atomic E-state index is -0.714. The zero-order chi connectivity index (χ0) is 25.5. The second kappa shape index (κ2) is 12.7. The molecule has 35 heavy (non-hydrogen) atoms. The van der Waals surface area contributed by atoms with E-state index in [9.17, 15) is 14.0 Å². The summed E-state index contributed by atoms with van der Waals surface area (Å²) in [5.74, 6) is -0.540. The maximum Gasteiger partial charge on any atom is 0.240 e. The molecule has 0 radical (unpaired) electrons. The number of carbonyl (C=O) groups is 2. The van der Waals surface area contributed by atoms with Crippen LogP contribution in [0.3, 0.4) is 0 Å². The minimum absolute atomic E-state index is 0.0617. The van der Waals surface area contributed by atoms with Crippen LogP contribution in [0.2, 0.25) is 10.0 Å². The Hall–Kier alpha value is -2.19. The average molecular weight is 523 g/mol. The van der Waals surface area contributed by atoms with Crippen LogP contribution >= 0.6 is 23.2 Å². The van der Waals surface area contributed by atoms with Gasteiger partial charge in [0, 0.05) is 42.8 Å². The van der Waals surface area contributed by atoms with Gasteiger partial charge in [-0.15, -0.1) is 0 Å². The molecule has 0 bridgehead atoms. The van der Waals surface area contributed by atoms with Crippen molar-refractivity contribution >= 4 is 35.0 Å². The van der Waals surface area contributed by atoms with Crippen LogP contribution in [0.4, 0.5) is 4.39 Å². The van der Waals surface area contributed by atoms with Crippen molar-refractivity contribution in [3.05, 3.63) is 69.5 Å². The van der Waals surface area contributed by atoms with Gasteiger partial charge >= 0.3 is 0 Å². The molecule has 0 saturated carbocycles. The lowest BCUT2D eigenvalue weighted by Crippen LogP contribution is -2.62. The van der Waals surface area contributed by atoms with Gasteiger partial charge in [-0.1, -0.05) is 54.7 Å². The summed E-state index contributed by atoms with van der Waals surface area (Å²) >= 11 is 12.4. The quantitative estimate of drug-likeness (QED) is 0.526. The first-order chi connectivity index (χ1) is 16.7. The second-order valence-corrected chi connectivity index (χ2v) is 9.82. The third-order valence-electron chi connectivity index (χ3n) is 6.52. The zero-order valence-corrected chi connectivity index (χ0v) is 21.7. The molecule has 1 fully saturated rings. The number of likely N-dealkylation sites (N-methyl/N-ethyl adjacent to an activating group) is 1. The monoisotopic (exact) mass is 522 g/mol. The summed E-state index contributed by atoms with van der Waals surface area (Å²) in [6.07, 6.45) is 2.47. The van der Waals surface area contributed by atoms with Crippen molar-refractivity contribution < 1.29 is 14.0 Å². The van der Waals surface area contributed by atoms with Crippen molar-refractivity contribution in [1.29, 1.82) is 0 Å². The number of benzene rings is 2. The van der Waals surface area contributed by atoms with Crippen LogP contribution in [0.25, 0.3) is 0 Å². The Morgan fingerprint density at radius 2 is 1.86 bits per heavy atom. The van der Waals surface area contributed by atoms with Crippen molar-refractivity contribution in [2.75, 3.05) is 26.7 Å². The molecule has 0 spiro atoms. The van der Waals surface area contributed by atoms with Gasteiger partial charge in [0.25, 0.3) is 0 Å². The molecule has 1 aliphatic heterocycles. The van der Waals surface area contributed by atoms with E-state index in [-0.39, 0.29) is 23.7 Å². The summed E-state index contributed by atoms with van der Waals surface area (Å²) in [4.78, 5) is 30.1. The Balaban J connectivity index is 1.73.